The van der Waals surface area contributed by atoms with Crippen LogP contribution in [0.1, 0.15) is 45.6 Å². The van der Waals surface area contributed by atoms with Crippen LogP contribution in [0, 0.1) is 11.8 Å². The molecule has 0 aromatic heterocycles. The average molecular weight is 302 g/mol. The van der Waals surface area contributed by atoms with Crippen LogP contribution in [0.15, 0.2) is 30.3 Å². The molecule has 1 heterocycles. The fourth-order valence-electron chi connectivity index (χ4n) is 3.43. The number of likely N-dealkylation sites (tertiary alicyclic amines) is 1. The highest BCUT2D eigenvalue weighted by molar-refractivity contribution is 5.78. The Hall–Kier alpha value is -1.35. The van der Waals surface area contributed by atoms with E-state index >= 15 is 0 Å². The minimum absolute atomic E-state index is 0.195. The van der Waals surface area contributed by atoms with Crippen LogP contribution < -0.4 is 5.32 Å². The Balaban J connectivity index is 1.91. The molecule has 1 aliphatic heterocycles. The van der Waals surface area contributed by atoms with E-state index in [1.165, 1.54) is 5.56 Å². The first-order chi connectivity index (χ1) is 10.6. The first-order valence-electron chi connectivity index (χ1n) is 8.70. The summed E-state index contributed by atoms with van der Waals surface area (Å²) in [6.07, 6.45) is 3.05. The van der Waals surface area contributed by atoms with Crippen LogP contribution in [-0.2, 0) is 11.3 Å². The van der Waals surface area contributed by atoms with Gasteiger partial charge in [-0.3, -0.25) is 4.79 Å². The number of nitrogens with one attached hydrogen (secondary N) is 1. The molecule has 1 amide bonds. The van der Waals surface area contributed by atoms with Gasteiger partial charge in [0.25, 0.3) is 0 Å². The van der Waals surface area contributed by atoms with Crippen molar-refractivity contribution in [2.24, 2.45) is 11.8 Å². The fourth-order valence-corrected chi connectivity index (χ4v) is 3.43. The number of piperidine rings is 1. The predicted molar refractivity (Wildman–Crippen MR) is 91.5 cm³/mol. The van der Waals surface area contributed by atoms with E-state index in [1.807, 2.05) is 6.07 Å². The largest absolute Gasteiger partial charge is 0.341 e. The molecule has 0 bridgehead atoms. The third-order valence-corrected chi connectivity index (χ3v) is 4.74. The van der Waals surface area contributed by atoms with Crippen LogP contribution >= 0.6 is 0 Å². The van der Waals surface area contributed by atoms with Gasteiger partial charge >= 0.3 is 0 Å². The standard InChI is InChI=1S/C19H30N2O/c1-4-17(5-2)19(22)21-13-15(3)11-18(14-21)20-12-16-9-7-6-8-10-16/h6-10,15,17-18,20H,4-5,11-14H2,1-3H3. The highest BCUT2D eigenvalue weighted by Crippen LogP contribution is 2.21. The number of carbonyl (C=O) groups excluding carboxylic acids is 1. The fraction of sp³-hybridized carbons (Fsp3) is 0.632. The number of rotatable bonds is 6. The van der Waals surface area contributed by atoms with Gasteiger partial charge in [-0.2, -0.15) is 0 Å². The Bertz CT molecular complexity index is 456. The molecule has 1 saturated heterocycles. The Kier molecular flexibility index (Phi) is 6.44. The van der Waals surface area contributed by atoms with E-state index in [1.54, 1.807) is 0 Å². The minimum atomic E-state index is 0.195. The van der Waals surface area contributed by atoms with Crippen molar-refractivity contribution in [2.45, 2.75) is 52.6 Å². The lowest BCUT2D eigenvalue weighted by atomic mass is 9.93. The van der Waals surface area contributed by atoms with Gasteiger partial charge in [0, 0.05) is 31.6 Å². The second kappa shape index (κ2) is 8.33. The highest BCUT2D eigenvalue weighted by atomic mass is 16.2. The molecule has 1 aliphatic rings. The maximum absolute atomic E-state index is 12.6. The summed E-state index contributed by atoms with van der Waals surface area (Å²) in [6, 6.07) is 10.9. The Labute approximate surface area is 135 Å². The number of amides is 1. The van der Waals surface area contributed by atoms with E-state index in [-0.39, 0.29) is 5.92 Å². The Morgan fingerprint density at radius 1 is 1.23 bits per heavy atom. The molecule has 2 unspecified atom stereocenters. The summed E-state index contributed by atoms with van der Waals surface area (Å²) in [5.74, 6) is 1.11. The number of benzene rings is 1. The summed E-state index contributed by atoms with van der Waals surface area (Å²) in [4.78, 5) is 14.7. The number of hydrogen-bond acceptors (Lipinski definition) is 2. The molecule has 22 heavy (non-hydrogen) atoms. The molecule has 0 radical (unpaired) electrons. The molecule has 2 rings (SSSR count). The van der Waals surface area contributed by atoms with Gasteiger partial charge in [0.05, 0.1) is 0 Å². The zero-order chi connectivity index (χ0) is 15.9. The zero-order valence-corrected chi connectivity index (χ0v) is 14.2. The third kappa shape index (κ3) is 4.57. The number of carbonyl (C=O) groups is 1. The predicted octanol–water partition coefficient (Wildman–Crippen LogP) is 3.45. The van der Waals surface area contributed by atoms with Crippen molar-refractivity contribution in [1.29, 1.82) is 0 Å². The van der Waals surface area contributed by atoms with Gasteiger partial charge in [-0.05, 0) is 30.7 Å². The first kappa shape index (κ1) is 17.0. The summed E-state index contributed by atoms with van der Waals surface area (Å²) >= 11 is 0. The molecule has 3 heteroatoms. The van der Waals surface area contributed by atoms with Crippen LogP contribution in [0.25, 0.3) is 0 Å². The molecule has 122 valence electrons. The van der Waals surface area contributed by atoms with Crippen molar-refractivity contribution in [3.8, 4) is 0 Å². The molecule has 2 atom stereocenters. The Morgan fingerprint density at radius 3 is 2.55 bits per heavy atom. The zero-order valence-electron chi connectivity index (χ0n) is 14.2. The van der Waals surface area contributed by atoms with E-state index in [0.717, 1.165) is 38.9 Å². The van der Waals surface area contributed by atoms with E-state index in [2.05, 4.69) is 55.3 Å². The van der Waals surface area contributed by atoms with Crippen molar-refractivity contribution >= 4 is 5.91 Å². The molecule has 0 spiro atoms. The third-order valence-electron chi connectivity index (χ3n) is 4.74. The van der Waals surface area contributed by atoms with Crippen molar-refractivity contribution in [1.82, 2.24) is 10.2 Å². The molecule has 3 nitrogen and oxygen atoms in total. The van der Waals surface area contributed by atoms with E-state index in [9.17, 15) is 4.79 Å². The Morgan fingerprint density at radius 2 is 1.91 bits per heavy atom. The van der Waals surface area contributed by atoms with Crippen molar-refractivity contribution in [3.63, 3.8) is 0 Å². The summed E-state index contributed by atoms with van der Waals surface area (Å²) in [7, 11) is 0. The lowest BCUT2D eigenvalue weighted by molar-refractivity contribution is -0.138. The molecule has 0 saturated carbocycles. The van der Waals surface area contributed by atoms with Gasteiger partial charge in [-0.1, -0.05) is 51.1 Å². The van der Waals surface area contributed by atoms with Crippen LogP contribution in [0.5, 0.6) is 0 Å². The molecule has 1 fully saturated rings. The minimum Gasteiger partial charge on any atom is -0.341 e. The normalized spacial score (nSPS) is 22.1. The maximum Gasteiger partial charge on any atom is 0.225 e. The van der Waals surface area contributed by atoms with Crippen LogP contribution in [0.4, 0.5) is 0 Å². The van der Waals surface area contributed by atoms with Crippen LogP contribution in [-0.4, -0.2) is 29.9 Å². The van der Waals surface area contributed by atoms with Gasteiger partial charge in [0.1, 0.15) is 0 Å². The number of hydrogen-bond donors (Lipinski definition) is 1. The first-order valence-corrected chi connectivity index (χ1v) is 8.70. The van der Waals surface area contributed by atoms with Crippen LogP contribution in [0.2, 0.25) is 0 Å². The lowest BCUT2D eigenvalue weighted by Gasteiger charge is -2.38. The summed E-state index contributed by atoms with van der Waals surface area (Å²) in [5.41, 5.74) is 1.30. The van der Waals surface area contributed by atoms with E-state index in [0.29, 0.717) is 17.9 Å². The van der Waals surface area contributed by atoms with Gasteiger partial charge < -0.3 is 10.2 Å². The molecule has 0 aliphatic carbocycles. The SMILES string of the molecule is CCC(CC)C(=O)N1CC(C)CC(NCc2ccccc2)C1. The maximum atomic E-state index is 12.6. The second-order valence-corrected chi connectivity index (χ2v) is 6.66. The van der Waals surface area contributed by atoms with Crippen molar-refractivity contribution in [3.05, 3.63) is 35.9 Å². The molecule has 1 aromatic rings. The van der Waals surface area contributed by atoms with Gasteiger partial charge in [-0.15, -0.1) is 0 Å². The molecule has 1 aromatic carbocycles. The van der Waals surface area contributed by atoms with E-state index < -0.39 is 0 Å². The summed E-state index contributed by atoms with van der Waals surface area (Å²) in [5, 5.41) is 3.63. The highest BCUT2D eigenvalue weighted by Gasteiger charge is 2.30. The smallest absolute Gasteiger partial charge is 0.225 e. The topological polar surface area (TPSA) is 32.3 Å². The van der Waals surface area contributed by atoms with Gasteiger partial charge in [0.15, 0.2) is 0 Å². The molecular weight excluding hydrogens is 272 g/mol. The summed E-state index contributed by atoms with van der Waals surface area (Å²) < 4.78 is 0. The van der Waals surface area contributed by atoms with Gasteiger partial charge in [-0.25, -0.2) is 0 Å². The molecular formula is C19H30N2O. The van der Waals surface area contributed by atoms with E-state index in [4.69, 9.17) is 0 Å². The van der Waals surface area contributed by atoms with Crippen molar-refractivity contribution in [2.75, 3.05) is 13.1 Å². The lowest BCUT2D eigenvalue weighted by Crippen LogP contribution is -2.52. The molecule has 1 N–H and O–H groups in total. The monoisotopic (exact) mass is 302 g/mol. The van der Waals surface area contributed by atoms with Crippen molar-refractivity contribution < 1.29 is 4.79 Å². The van der Waals surface area contributed by atoms with Gasteiger partial charge in [0.2, 0.25) is 5.91 Å². The summed E-state index contributed by atoms with van der Waals surface area (Å²) in [6.45, 7) is 9.13. The van der Waals surface area contributed by atoms with Crippen LogP contribution in [0.3, 0.4) is 0 Å². The quantitative estimate of drug-likeness (QED) is 0.873. The average Bonchev–Trinajstić information content (AvgIpc) is 2.54. The second-order valence-electron chi connectivity index (χ2n) is 6.66. The number of nitrogens with zero attached hydrogens (tertiary/aromatic N) is 1.